The summed E-state index contributed by atoms with van der Waals surface area (Å²) < 4.78 is 1.86. The van der Waals surface area contributed by atoms with Gasteiger partial charge in [0.2, 0.25) is 0 Å². The smallest absolute Gasteiger partial charge is 0.180 e. The van der Waals surface area contributed by atoms with E-state index in [0.717, 1.165) is 17.1 Å². The van der Waals surface area contributed by atoms with E-state index in [1.54, 1.807) is 23.7 Å². The fourth-order valence-corrected chi connectivity index (χ4v) is 2.86. The van der Waals surface area contributed by atoms with E-state index >= 15 is 0 Å². The highest BCUT2D eigenvalue weighted by molar-refractivity contribution is 7.11. The Hall–Kier alpha value is -2.15. The Bertz CT molecular complexity index is 731. The Balaban J connectivity index is 1.90. The monoisotopic (exact) mass is 288 g/mol. The van der Waals surface area contributed by atoms with E-state index in [1.807, 2.05) is 16.8 Å². The van der Waals surface area contributed by atoms with Gasteiger partial charge in [-0.3, -0.25) is 0 Å². The van der Waals surface area contributed by atoms with Crippen LogP contribution >= 0.6 is 11.3 Å². The highest BCUT2D eigenvalue weighted by Crippen LogP contribution is 2.25. The summed E-state index contributed by atoms with van der Waals surface area (Å²) in [5, 5.41) is 4.38. The van der Waals surface area contributed by atoms with Gasteiger partial charge in [0.25, 0.3) is 0 Å². The van der Waals surface area contributed by atoms with Crippen molar-refractivity contribution in [3.05, 3.63) is 34.7 Å². The Morgan fingerprint density at radius 2 is 2.30 bits per heavy atom. The molecule has 0 aliphatic rings. The normalized spacial score (nSPS) is 12.7. The van der Waals surface area contributed by atoms with Crippen LogP contribution in [-0.2, 0) is 6.42 Å². The van der Waals surface area contributed by atoms with Crippen LogP contribution in [0.1, 0.15) is 29.8 Å². The van der Waals surface area contributed by atoms with E-state index in [1.165, 1.54) is 4.88 Å². The van der Waals surface area contributed by atoms with Gasteiger partial charge in [-0.05, 0) is 13.3 Å². The lowest BCUT2D eigenvalue weighted by Gasteiger charge is -2.13. The lowest BCUT2D eigenvalue weighted by molar-refractivity contribution is 0.859. The van der Waals surface area contributed by atoms with Crippen LogP contribution < -0.4 is 11.1 Å². The zero-order valence-corrected chi connectivity index (χ0v) is 12.2. The highest BCUT2D eigenvalue weighted by Gasteiger charge is 2.13. The number of rotatable bonds is 4. The van der Waals surface area contributed by atoms with Crippen molar-refractivity contribution in [1.29, 1.82) is 0 Å². The Kier molecular flexibility index (Phi) is 3.27. The van der Waals surface area contributed by atoms with Crippen LogP contribution in [0, 0.1) is 0 Å². The van der Waals surface area contributed by atoms with Crippen molar-refractivity contribution in [3.8, 4) is 0 Å². The number of anilines is 2. The topological polar surface area (TPSA) is 81.1 Å². The van der Waals surface area contributed by atoms with Crippen molar-refractivity contribution in [2.75, 3.05) is 11.1 Å². The molecule has 3 rings (SSSR count). The first kappa shape index (κ1) is 12.9. The molecule has 3 aromatic rings. The molecule has 0 spiro atoms. The molecule has 3 heterocycles. The van der Waals surface area contributed by atoms with Crippen LogP contribution in [0.4, 0.5) is 11.6 Å². The van der Waals surface area contributed by atoms with Crippen LogP contribution in [0.2, 0.25) is 0 Å². The molecule has 20 heavy (non-hydrogen) atoms. The third-order valence-corrected chi connectivity index (χ3v) is 4.36. The standard InChI is InChI=1S/C13H16N6S/c1-3-9-6-16-13(20-9)8(2)17-11-12-15-4-5-19(12)7-10(14)18-11/h4-8H,3,14H2,1-2H3,(H,17,18). The van der Waals surface area contributed by atoms with Crippen molar-refractivity contribution in [3.63, 3.8) is 0 Å². The molecule has 0 aliphatic heterocycles. The van der Waals surface area contributed by atoms with E-state index in [2.05, 4.69) is 34.1 Å². The van der Waals surface area contributed by atoms with E-state index in [0.29, 0.717) is 11.6 Å². The number of imidazole rings is 1. The van der Waals surface area contributed by atoms with E-state index in [4.69, 9.17) is 5.73 Å². The molecule has 3 N–H and O–H groups in total. The SMILES string of the molecule is CCc1cnc(C(C)Nc2nc(N)cn3ccnc23)s1. The van der Waals surface area contributed by atoms with Crippen molar-refractivity contribution < 1.29 is 0 Å². The molecular formula is C13H16N6S. The first-order valence-corrected chi connectivity index (χ1v) is 7.29. The predicted molar refractivity (Wildman–Crippen MR) is 80.9 cm³/mol. The molecule has 0 aliphatic carbocycles. The molecule has 6 nitrogen and oxygen atoms in total. The van der Waals surface area contributed by atoms with Crippen LogP contribution in [0.15, 0.2) is 24.8 Å². The second kappa shape index (κ2) is 5.09. The van der Waals surface area contributed by atoms with Gasteiger partial charge in [-0.25, -0.2) is 15.0 Å². The second-order valence-electron chi connectivity index (χ2n) is 4.56. The molecule has 0 radical (unpaired) electrons. The maximum atomic E-state index is 5.81. The minimum absolute atomic E-state index is 0.0649. The van der Waals surface area contributed by atoms with Crippen molar-refractivity contribution in [1.82, 2.24) is 19.4 Å². The molecule has 1 atom stereocenters. The molecule has 7 heteroatoms. The summed E-state index contributed by atoms with van der Waals surface area (Å²) in [6, 6.07) is 0.0649. The molecule has 0 saturated carbocycles. The molecule has 1 unspecified atom stereocenters. The maximum Gasteiger partial charge on any atom is 0.180 e. The number of thiazole rings is 1. The molecule has 0 amide bonds. The molecule has 0 bridgehead atoms. The molecule has 0 fully saturated rings. The summed E-state index contributed by atoms with van der Waals surface area (Å²) in [5.74, 6) is 1.13. The zero-order valence-electron chi connectivity index (χ0n) is 11.4. The maximum absolute atomic E-state index is 5.81. The number of fused-ring (bicyclic) bond motifs is 1. The molecule has 0 aromatic carbocycles. The average Bonchev–Trinajstić information content (AvgIpc) is 3.06. The number of nitrogens with one attached hydrogen (secondary N) is 1. The van der Waals surface area contributed by atoms with Gasteiger partial charge >= 0.3 is 0 Å². The highest BCUT2D eigenvalue weighted by atomic mass is 32.1. The van der Waals surface area contributed by atoms with E-state index in [9.17, 15) is 0 Å². The van der Waals surface area contributed by atoms with Gasteiger partial charge in [0, 0.05) is 23.5 Å². The van der Waals surface area contributed by atoms with Gasteiger partial charge in [-0.15, -0.1) is 11.3 Å². The molecule has 0 saturated heterocycles. The largest absolute Gasteiger partial charge is 0.382 e. The fraction of sp³-hybridized carbons (Fsp3) is 0.308. The lowest BCUT2D eigenvalue weighted by atomic mass is 10.3. The minimum Gasteiger partial charge on any atom is -0.382 e. The van der Waals surface area contributed by atoms with Crippen LogP contribution in [-0.4, -0.2) is 19.4 Å². The summed E-state index contributed by atoms with van der Waals surface area (Å²) >= 11 is 1.71. The lowest BCUT2D eigenvalue weighted by Crippen LogP contribution is -2.10. The van der Waals surface area contributed by atoms with Crippen LogP contribution in [0.25, 0.3) is 5.65 Å². The molecule has 104 valence electrons. The number of hydrogen-bond donors (Lipinski definition) is 2. The Morgan fingerprint density at radius 1 is 1.45 bits per heavy atom. The first-order chi connectivity index (χ1) is 9.67. The number of aryl methyl sites for hydroxylation is 1. The summed E-state index contributed by atoms with van der Waals surface area (Å²) in [7, 11) is 0. The van der Waals surface area contributed by atoms with Gasteiger partial charge in [-0.2, -0.15) is 0 Å². The number of nitrogens with zero attached hydrogens (tertiary/aromatic N) is 4. The number of nitrogens with two attached hydrogens (primary N) is 1. The van der Waals surface area contributed by atoms with Gasteiger partial charge in [-0.1, -0.05) is 6.92 Å². The van der Waals surface area contributed by atoms with Gasteiger partial charge in [0.1, 0.15) is 10.8 Å². The second-order valence-corrected chi connectivity index (χ2v) is 5.70. The fourth-order valence-electron chi connectivity index (χ4n) is 2.00. The van der Waals surface area contributed by atoms with Crippen molar-refractivity contribution in [2.24, 2.45) is 0 Å². The third kappa shape index (κ3) is 2.32. The summed E-state index contributed by atoms with van der Waals surface area (Å²) in [6.07, 6.45) is 8.25. The Morgan fingerprint density at radius 3 is 3.05 bits per heavy atom. The van der Waals surface area contributed by atoms with Crippen LogP contribution in [0.5, 0.6) is 0 Å². The Labute approximate surface area is 120 Å². The summed E-state index contributed by atoms with van der Waals surface area (Å²) in [5.41, 5.74) is 6.57. The van der Waals surface area contributed by atoms with Crippen molar-refractivity contribution >= 4 is 28.6 Å². The first-order valence-electron chi connectivity index (χ1n) is 6.47. The molecule has 3 aromatic heterocycles. The van der Waals surface area contributed by atoms with Crippen LogP contribution in [0.3, 0.4) is 0 Å². The third-order valence-electron chi connectivity index (χ3n) is 3.04. The number of nitrogen functional groups attached to an aromatic ring is 1. The zero-order chi connectivity index (χ0) is 14.1. The van der Waals surface area contributed by atoms with E-state index in [-0.39, 0.29) is 6.04 Å². The van der Waals surface area contributed by atoms with Gasteiger partial charge in [0.05, 0.1) is 12.2 Å². The summed E-state index contributed by atoms with van der Waals surface area (Å²) in [4.78, 5) is 14.3. The number of hydrogen-bond acceptors (Lipinski definition) is 6. The number of aromatic nitrogens is 4. The minimum atomic E-state index is 0.0649. The van der Waals surface area contributed by atoms with E-state index < -0.39 is 0 Å². The predicted octanol–water partition coefficient (Wildman–Crippen LogP) is 2.50. The van der Waals surface area contributed by atoms with Gasteiger partial charge in [0.15, 0.2) is 11.5 Å². The quantitative estimate of drug-likeness (QED) is 0.771. The van der Waals surface area contributed by atoms with Crippen molar-refractivity contribution in [2.45, 2.75) is 26.3 Å². The van der Waals surface area contributed by atoms with Gasteiger partial charge < -0.3 is 15.5 Å². The average molecular weight is 288 g/mol. The molecular weight excluding hydrogens is 272 g/mol. The summed E-state index contributed by atoms with van der Waals surface area (Å²) in [6.45, 7) is 4.19.